The van der Waals surface area contributed by atoms with Gasteiger partial charge in [0.2, 0.25) is 0 Å². The number of hydrogen-bond acceptors (Lipinski definition) is 2. The molecule has 1 aromatic rings. The molecule has 2 rings (SSSR count). The molecule has 0 aromatic heterocycles. The number of nitrogens with two attached hydrogens (primary N) is 1. The van der Waals surface area contributed by atoms with Gasteiger partial charge in [0.25, 0.3) is 0 Å². The molecule has 0 saturated heterocycles. The Morgan fingerprint density at radius 3 is 2.74 bits per heavy atom. The van der Waals surface area contributed by atoms with Crippen LogP contribution in [-0.4, -0.2) is 24.0 Å². The van der Waals surface area contributed by atoms with Gasteiger partial charge in [-0.1, -0.05) is 19.4 Å². The van der Waals surface area contributed by atoms with Crippen molar-refractivity contribution in [3.8, 4) is 0 Å². The predicted molar refractivity (Wildman–Crippen MR) is 80.5 cm³/mol. The molecule has 0 aliphatic heterocycles. The lowest BCUT2D eigenvalue weighted by molar-refractivity contribution is 0.188. The van der Waals surface area contributed by atoms with E-state index in [-0.39, 0.29) is 11.9 Å². The molecular formula is C15H22BrFN2. The van der Waals surface area contributed by atoms with Crippen LogP contribution in [0.15, 0.2) is 22.7 Å². The third kappa shape index (κ3) is 3.77. The minimum atomic E-state index is -0.206. The maximum Gasteiger partial charge on any atom is 0.137 e. The summed E-state index contributed by atoms with van der Waals surface area (Å²) in [6, 6.07) is 6.15. The summed E-state index contributed by atoms with van der Waals surface area (Å²) < 4.78 is 14.2. The van der Waals surface area contributed by atoms with E-state index >= 15 is 0 Å². The molecule has 1 unspecified atom stereocenters. The number of unbranched alkanes of at least 4 members (excludes halogenated alkanes) is 1. The van der Waals surface area contributed by atoms with Crippen molar-refractivity contribution in [2.75, 3.05) is 13.1 Å². The highest BCUT2D eigenvalue weighted by Crippen LogP contribution is 2.35. The number of nitrogens with zero attached hydrogens (tertiary/aromatic N) is 1. The monoisotopic (exact) mass is 328 g/mol. The van der Waals surface area contributed by atoms with Gasteiger partial charge in [-0.3, -0.25) is 4.90 Å². The van der Waals surface area contributed by atoms with Gasteiger partial charge in [0.15, 0.2) is 0 Å². The third-order valence-corrected chi connectivity index (χ3v) is 4.38. The van der Waals surface area contributed by atoms with Gasteiger partial charge in [0.05, 0.1) is 4.47 Å². The quantitative estimate of drug-likeness (QED) is 0.823. The third-order valence-electron chi connectivity index (χ3n) is 3.74. The van der Waals surface area contributed by atoms with Crippen molar-refractivity contribution in [1.82, 2.24) is 4.90 Å². The van der Waals surface area contributed by atoms with Crippen LogP contribution in [0.2, 0.25) is 0 Å². The van der Waals surface area contributed by atoms with Crippen molar-refractivity contribution in [2.24, 2.45) is 5.73 Å². The van der Waals surface area contributed by atoms with Crippen molar-refractivity contribution >= 4 is 15.9 Å². The molecule has 106 valence electrons. The Morgan fingerprint density at radius 1 is 1.47 bits per heavy atom. The highest BCUT2D eigenvalue weighted by Gasteiger charge is 2.33. The van der Waals surface area contributed by atoms with Crippen LogP contribution in [0.1, 0.15) is 44.2 Å². The van der Waals surface area contributed by atoms with Crippen molar-refractivity contribution in [1.29, 1.82) is 0 Å². The Hall–Kier alpha value is -0.450. The Morgan fingerprint density at radius 2 is 2.21 bits per heavy atom. The lowest BCUT2D eigenvalue weighted by atomic mass is 10.0. The molecule has 1 aliphatic rings. The first kappa shape index (κ1) is 14.9. The van der Waals surface area contributed by atoms with Crippen LogP contribution >= 0.6 is 15.9 Å². The topological polar surface area (TPSA) is 29.3 Å². The standard InChI is InChI=1S/C15H22BrFN2/c1-2-3-8-19(12-5-6-12)15(10-18)11-4-7-13(16)14(17)9-11/h4,7,9,12,15H,2-3,5-6,8,10,18H2,1H3. The molecule has 1 saturated carbocycles. The van der Waals surface area contributed by atoms with E-state index in [9.17, 15) is 4.39 Å². The maximum atomic E-state index is 13.7. The second kappa shape index (κ2) is 6.82. The van der Waals surface area contributed by atoms with E-state index < -0.39 is 0 Å². The van der Waals surface area contributed by atoms with Crippen LogP contribution in [0, 0.1) is 5.82 Å². The first-order valence-corrected chi connectivity index (χ1v) is 7.87. The second-order valence-electron chi connectivity index (χ2n) is 5.25. The molecule has 1 aliphatic carbocycles. The number of rotatable bonds is 7. The van der Waals surface area contributed by atoms with Crippen molar-refractivity contribution in [3.05, 3.63) is 34.1 Å². The normalized spacial score (nSPS) is 16.9. The highest BCUT2D eigenvalue weighted by atomic mass is 79.9. The van der Waals surface area contributed by atoms with Gasteiger partial charge in [-0.05, 0) is 59.4 Å². The molecule has 0 bridgehead atoms. The molecule has 2 N–H and O–H groups in total. The largest absolute Gasteiger partial charge is 0.329 e. The van der Waals surface area contributed by atoms with Crippen LogP contribution in [-0.2, 0) is 0 Å². The smallest absolute Gasteiger partial charge is 0.137 e. The lowest BCUT2D eigenvalue weighted by Crippen LogP contribution is -2.36. The van der Waals surface area contributed by atoms with E-state index in [1.807, 2.05) is 6.07 Å². The van der Waals surface area contributed by atoms with Gasteiger partial charge in [-0.15, -0.1) is 0 Å². The minimum Gasteiger partial charge on any atom is -0.329 e. The first-order valence-electron chi connectivity index (χ1n) is 7.08. The van der Waals surface area contributed by atoms with E-state index in [0.717, 1.165) is 12.1 Å². The summed E-state index contributed by atoms with van der Waals surface area (Å²) in [5.74, 6) is -0.206. The molecule has 1 fully saturated rings. The molecular weight excluding hydrogens is 307 g/mol. The van der Waals surface area contributed by atoms with Crippen LogP contribution in [0.5, 0.6) is 0 Å². The fourth-order valence-corrected chi connectivity index (χ4v) is 2.77. The molecule has 0 heterocycles. The first-order chi connectivity index (χ1) is 9.17. The minimum absolute atomic E-state index is 0.140. The summed E-state index contributed by atoms with van der Waals surface area (Å²) in [5.41, 5.74) is 6.95. The summed E-state index contributed by atoms with van der Waals surface area (Å²) in [6.07, 6.45) is 4.85. The molecule has 2 nitrogen and oxygen atoms in total. The molecule has 1 aromatic carbocycles. The number of hydrogen-bond donors (Lipinski definition) is 1. The van der Waals surface area contributed by atoms with Gasteiger partial charge < -0.3 is 5.73 Å². The number of halogens is 2. The summed E-state index contributed by atoms with van der Waals surface area (Å²) >= 11 is 3.20. The van der Waals surface area contributed by atoms with Crippen LogP contribution < -0.4 is 5.73 Å². The molecule has 4 heteroatoms. The van der Waals surface area contributed by atoms with Gasteiger partial charge >= 0.3 is 0 Å². The average Bonchev–Trinajstić information content (AvgIpc) is 3.22. The summed E-state index contributed by atoms with van der Waals surface area (Å²) in [5, 5.41) is 0. The molecule has 0 spiro atoms. The Balaban J connectivity index is 2.17. The maximum absolute atomic E-state index is 13.7. The van der Waals surface area contributed by atoms with E-state index in [2.05, 4.69) is 27.8 Å². The van der Waals surface area contributed by atoms with E-state index in [4.69, 9.17) is 5.73 Å². The zero-order valence-electron chi connectivity index (χ0n) is 11.4. The predicted octanol–water partition coefficient (Wildman–Crippen LogP) is 3.85. The molecule has 1 atom stereocenters. The van der Waals surface area contributed by atoms with E-state index in [1.54, 1.807) is 12.1 Å². The van der Waals surface area contributed by atoms with Gasteiger partial charge in [-0.2, -0.15) is 0 Å². The SMILES string of the molecule is CCCCN(C1CC1)C(CN)c1ccc(Br)c(F)c1. The summed E-state index contributed by atoms with van der Waals surface area (Å²) in [6.45, 7) is 3.80. The van der Waals surface area contributed by atoms with Gasteiger partial charge in [0, 0.05) is 18.6 Å². The lowest BCUT2D eigenvalue weighted by Gasteiger charge is -2.31. The van der Waals surface area contributed by atoms with Crippen LogP contribution in [0.3, 0.4) is 0 Å². The van der Waals surface area contributed by atoms with Crippen molar-refractivity contribution < 1.29 is 4.39 Å². The highest BCUT2D eigenvalue weighted by molar-refractivity contribution is 9.10. The van der Waals surface area contributed by atoms with E-state index in [0.29, 0.717) is 17.1 Å². The zero-order valence-corrected chi connectivity index (χ0v) is 13.0. The Bertz CT molecular complexity index is 421. The van der Waals surface area contributed by atoms with Crippen molar-refractivity contribution in [3.63, 3.8) is 0 Å². The van der Waals surface area contributed by atoms with Gasteiger partial charge in [-0.25, -0.2) is 4.39 Å². The Labute approximate surface area is 123 Å². The summed E-state index contributed by atoms with van der Waals surface area (Å²) in [7, 11) is 0. The van der Waals surface area contributed by atoms with Crippen LogP contribution in [0.4, 0.5) is 4.39 Å². The Kier molecular flexibility index (Phi) is 5.37. The zero-order chi connectivity index (χ0) is 13.8. The second-order valence-corrected chi connectivity index (χ2v) is 6.10. The van der Waals surface area contributed by atoms with Crippen LogP contribution in [0.25, 0.3) is 0 Å². The number of benzene rings is 1. The average molecular weight is 329 g/mol. The molecule has 0 amide bonds. The van der Waals surface area contributed by atoms with E-state index in [1.165, 1.54) is 25.7 Å². The fourth-order valence-electron chi connectivity index (χ4n) is 2.52. The fraction of sp³-hybridized carbons (Fsp3) is 0.600. The molecule has 0 radical (unpaired) electrons. The molecule has 19 heavy (non-hydrogen) atoms. The van der Waals surface area contributed by atoms with Crippen molar-refractivity contribution in [2.45, 2.75) is 44.7 Å². The van der Waals surface area contributed by atoms with Gasteiger partial charge in [0.1, 0.15) is 5.82 Å². The summed E-state index contributed by atoms with van der Waals surface area (Å²) in [4.78, 5) is 2.46.